The van der Waals surface area contributed by atoms with E-state index in [2.05, 4.69) is 15.6 Å². The molecule has 0 aromatic carbocycles. The third-order valence-electron chi connectivity index (χ3n) is 2.60. The minimum absolute atomic E-state index is 0.303. The Hall–Kier alpha value is -0.940. The summed E-state index contributed by atoms with van der Waals surface area (Å²) in [5, 5.41) is 20.7. The lowest BCUT2D eigenvalue weighted by atomic mass is 9.99. The number of nitrogens with one attached hydrogen (secondary N) is 1. The van der Waals surface area contributed by atoms with Crippen molar-refractivity contribution in [3.8, 4) is 0 Å². The molecule has 2 N–H and O–H groups in total. The number of nitrogens with zero attached hydrogens (tertiary/aromatic N) is 3. The van der Waals surface area contributed by atoms with Gasteiger partial charge < -0.3 is 10.4 Å². The summed E-state index contributed by atoms with van der Waals surface area (Å²) in [5.74, 6) is 0.303. The highest BCUT2D eigenvalue weighted by molar-refractivity contribution is 5.01. The molecule has 1 unspecified atom stereocenters. The van der Waals surface area contributed by atoms with Gasteiger partial charge in [0.2, 0.25) is 0 Å². The summed E-state index contributed by atoms with van der Waals surface area (Å²) in [5.41, 5.74) is 0.800. The zero-order valence-corrected chi connectivity index (χ0v) is 7.64. The van der Waals surface area contributed by atoms with Gasteiger partial charge in [-0.05, 0) is 13.0 Å². The number of aromatic nitrogens is 3. The SMILES string of the molecule is Cn1nncc1C(O)[C@H]1CCNC1. The normalized spacial score (nSPS) is 24.9. The molecule has 0 saturated carbocycles. The van der Waals surface area contributed by atoms with Crippen molar-refractivity contribution in [3.63, 3.8) is 0 Å². The highest BCUT2D eigenvalue weighted by Gasteiger charge is 2.26. The third kappa shape index (κ3) is 1.57. The maximum absolute atomic E-state index is 9.95. The van der Waals surface area contributed by atoms with Crippen LogP contribution in [-0.2, 0) is 7.05 Å². The van der Waals surface area contributed by atoms with Crippen molar-refractivity contribution >= 4 is 0 Å². The second-order valence-electron chi connectivity index (χ2n) is 3.48. The van der Waals surface area contributed by atoms with E-state index in [1.54, 1.807) is 17.9 Å². The molecule has 0 spiro atoms. The lowest BCUT2D eigenvalue weighted by Gasteiger charge is -2.15. The summed E-state index contributed by atoms with van der Waals surface area (Å²) < 4.78 is 1.63. The molecule has 5 nitrogen and oxygen atoms in total. The molecule has 1 aliphatic heterocycles. The fraction of sp³-hybridized carbons (Fsp3) is 0.750. The van der Waals surface area contributed by atoms with E-state index >= 15 is 0 Å². The third-order valence-corrected chi connectivity index (χ3v) is 2.60. The summed E-state index contributed by atoms with van der Waals surface area (Å²) in [7, 11) is 1.80. The maximum Gasteiger partial charge on any atom is 0.101 e. The topological polar surface area (TPSA) is 63.0 Å². The van der Waals surface area contributed by atoms with Crippen LogP contribution in [0.5, 0.6) is 0 Å². The molecule has 5 heteroatoms. The van der Waals surface area contributed by atoms with Gasteiger partial charge in [0.1, 0.15) is 6.10 Å². The summed E-state index contributed by atoms with van der Waals surface area (Å²) in [6, 6.07) is 0. The van der Waals surface area contributed by atoms with Crippen LogP contribution in [0.3, 0.4) is 0 Å². The first kappa shape index (κ1) is 8.65. The van der Waals surface area contributed by atoms with Gasteiger partial charge in [-0.15, -0.1) is 5.10 Å². The fourth-order valence-electron chi connectivity index (χ4n) is 1.75. The van der Waals surface area contributed by atoms with Gasteiger partial charge in [0, 0.05) is 19.5 Å². The van der Waals surface area contributed by atoms with Crippen LogP contribution >= 0.6 is 0 Å². The summed E-state index contributed by atoms with van der Waals surface area (Å²) in [4.78, 5) is 0. The van der Waals surface area contributed by atoms with E-state index in [0.717, 1.165) is 25.2 Å². The van der Waals surface area contributed by atoms with Crippen molar-refractivity contribution in [1.82, 2.24) is 20.3 Å². The van der Waals surface area contributed by atoms with Crippen molar-refractivity contribution in [1.29, 1.82) is 0 Å². The molecule has 1 aromatic rings. The maximum atomic E-state index is 9.95. The van der Waals surface area contributed by atoms with Gasteiger partial charge in [-0.25, -0.2) is 4.68 Å². The lowest BCUT2D eigenvalue weighted by molar-refractivity contribution is 0.110. The fourth-order valence-corrected chi connectivity index (χ4v) is 1.75. The molecule has 0 aliphatic carbocycles. The average Bonchev–Trinajstić information content (AvgIpc) is 2.72. The van der Waals surface area contributed by atoms with E-state index in [1.165, 1.54) is 0 Å². The van der Waals surface area contributed by atoms with E-state index in [-0.39, 0.29) is 0 Å². The monoisotopic (exact) mass is 182 g/mol. The Morgan fingerprint density at radius 2 is 2.62 bits per heavy atom. The number of aryl methyl sites for hydroxylation is 1. The Bertz CT molecular complexity index is 279. The first-order valence-electron chi connectivity index (χ1n) is 4.52. The predicted octanol–water partition coefficient (Wildman–Crippen LogP) is -0.542. The molecule has 72 valence electrons. The molecule has 1 fully saturated rings. The molecule has 0 radical (unpaired) electrons. The minimum Gasteiger partial charge on any atom is -0.386 e. The van der Waals surface area contributed by atoms with E-state index in [1.807, 2.05) is 0 Å². The van der Waals surface area contributed by atoms with Crippen LogP contribution in [0, 0.1) is 5.92 Å². The smallest absolute Gasteiger partial charge is 0.101 e. The van der Waals surface area contributed by atoms with Crippen LogP contribution in [0.4, 0.5) is 0 Å². The van der Waals surface area contributed by atoms with Gasteiger partial charge in [0.25, 0.3) is 0 Å². The predicted molar refractivity (Wildman–Crippen MR) is 46.9 cm³/mol. The van der Waals surface area contributed by atoms with Crippen molar-refractivity contribution in [2.75, 3.05) is 13.1 Å². The van der Waals surface area contributed by atoms with Crippen molar-refractivity contribution in [2.45, 2.75) is 12.5 Å². The standard InChI is InChI=1S/C8H14N4O/c1-12-7(5-10-11-12)8(13)6-2-3-9-4-6/h5-6,8-9,13H,2-4H2,1H3/t6-,8?/m0/s1. The van der Waals surface area contributed by atoms with Crippen LogP contribution in [0.2, 0.25) is 0 Å². The highest BCUT2D eigenvalue weighted by Crippen LogP contribution is 2.25. The number of hydrogen-bond donors (Lipinski definition) is 2. The van der Waals surface area contributed by atoms with Gasteiger partial charge >= 0.3 is 0 Å². The number of hydrogen-bond acceptors (Lipinski definition) is 4. The lowest BCUT2D eigenvalue weighted by Crippen LogP contribution is -2.18. The van der Waals surface area contributed by atoms with Crippen LogP contribution < -0.4 is 5.32 Å². The zero-order chi connectivity index (χ0) is 9.26. The largest absolute Gasteiger partial charge is 0.386 e. The van der Waals surface area contributed by atoms with Gasteiger partial charge in [0.05, 0.1) is 11.9 Å². The van der Waals surface area contributed by atoms with E-state index in [4.69, 9.17) is 0 Å². The van der Waals surface area contributed by atoms with Crippen LogP contribution in [0.25, 0.3) is 0 Å². The van der Waals surface area contributed by atoms with E-state index in [0.29, 0.717) is 5.92 Å². The first-order valence-corrected chi connectivity index (χ1v) is 4.52. The summed E-state index contributed by atoms with van der Waals surface area (Å²) in [6.45, 7) is 1.87. The Kier molecular flexibility index (Phi) is 2.28. The quantitative estimate of drug-likeness (QED) is 0.644. The highest BCUT2D eigenvalue weighted by atomic mass is 16.3. The summed E-state index contributed by atoms with van der Waals surface area (Å²) in [6.07, 6.45) is 2.21. The molecule has 13 heavy (non-hydrogen) atoms. The molecule has 2 atom stereocenters. The Morgan fingerprint density at radius 3 is 3.15 bits per heavy atom. The molecule has 1 saturated heterocycles. The second-order valence-corrected chi connectivity index (χ2v) is 3.48. The van der Waals surface area contributed by atoms with E-state index < -0.39 is 6.10 Å². The summed E-state index contributed by atoms with van der Waals surface area (Å²) >= 11 is 0. The average molecular weight is 182 g/mol. The van der Waals surface area contributed by atoms with E-state index in [9.17, 15) is 5.11 Å². The second kappa shape index (κ2) is 3.43. The van der Waals surface area contributed by atoms with Gasteiger partial charge in [-0.3, -0.25) is 0 Å². The molecule has 0 bridgehead atoms. The number of aliphatic hydroxyl groups is 1. The zero-order valence-electron chi connectivity index (χ0n) is 7.64. The Labute approximate surface area is 76.8 Å². The first-order chi connectivity index (χ1) is 6.29. The minimum atomic E-state index is -0.435. The van der Waals surface area contributed by atoms with Crippen molar-refractivity contribution in [2.24, 2.45) is 13.0 Å². The molecule has 0 amide bonds. The van der Waals surface area contributed by atoms with Crippen molar-refractivity contribution in [3.05, 3.63) is 11.9 Å². The molecule has 1 aromatic heterocycles. The molecule has 2 rings (SSSR count). The molecule has 2 heterocycles. The molecule has 1 aliphatic rings. The molecular formula is C8H14N4O. The van der Waals surface area contributed by atoms with Crippen molar-refractivity contribution < 1.29 is 5.11 Å². The Balaban J connectivity index is 2.12. The Morgan fingerprint density at radius 1 is 1.77 bits per heavy atom. The van der Waals surface area contributed by atoms with Crippen LogP contribution in [-0.4, -0.2) is 33.2 Å². The van der Waals surface area contributed by atoms with Crippen LogP contribution in [0.15, 0.2) is 6.20 Å². The number of rotatable bonds is 2. The van der Waals surface area contributed by atoms with Gasteiger partial charge in [-0.1, -0.05) is 5.21 Å². The molecular weight excluding hydrogens is 168 g/mol. The number of aliphatic hydroxyl groups excluding tert-OH is 1. The van der Waals surface area contributed by atoms with Gasteiger partial charge in [0.15, 0.2) is 0 Å². The van der Waals surface area contributed by atoms with Gasteiger partial charge in [-0.2, -0.15) is 0 Å². The van der Waals surface area contributed by atoms with Crippen LogP contribution in [0.1, 0.15) is 18.2 Å².